The van der Waals surface area contributed by atoms with E-state index >= 15 is 0 Å². The first-order chi connectivity index (χ1) is 10.4. The Hall–Kier alpha value is -2.29. The Kier molecular flexibility index (Phi) is 4.86. The normalized spacial score (nSPS) is 10.8. The average molecular weight is 341 g/mol. The van der Waals surface area contributed by atoms with E-state index in [2.05, 4.69) is 16.2 Å². The lowest BCUT2D eigenvalue weighted by Gasteiger charge is -2.11. The van der Waals surface area contributed by atoms with Crippen molar-refractivity contribution in [3.63, 3.8) is 0 Å². The number of sulfonamides is 1. The first kappa shape index (κ1) is 16.1. The number of hydrazine groups is 1. The fourth-order valence-corrected chi connectivity index (χ4v) is 2.28. The zero-order valence-electron chi connectivity index (χ0n) is 11.2. The Labute approximate surface area is 132 Å². The second-order valence-corrected chi connectivity index (χ2v) is 6.22. The van der Waals surface area contributed by atoms with Crippen LogP contribution in [-0.2, 0) is 10.0 Å². The first-order valence-electron chi connectivity index (χ1n) is 6.06. The second-order valence-electron chi connectivity index (χ2n) is 4.25. The summed E-state index contributed by atoms with van der Waals surface area (Å²) in [7, 11) is -3.75. The third kappa shape index (κ3) is 4.35. The summed E-state index contributed by atoms with van der Waals surface area (Å²) in [6.45, 7) is 0. The minimum Gasteiger partial charge on any atom is -0.307 e. The molecule has 0 aliphatic rings. The van der Waals surface area contributed by atoms with Gasteiger partial charge in [0.1, 0.15) is 0 Å². The maximum Gasteiger partial charge on any atom is 0.337 e. The molecule has 0 fully saturated rings. The van der Waals surface area contributed by atoms with Gasteiger partial charge in [0.05, 0.1) is 15.6 Å². The summed E-state index contributed by atoms with van der Waals surface area (Å²) in [5.74, 6) is 0. The van der Waals surface area contributed by atoms with Gasteiger partial charge in [-0.25, -0.2) is 18.4 Å². The molecule has 22 heavy (non-hydrogen) atoms. The Bertz CT molecular complexity index is 778. The molecule has 7 nitrogen and oxygen atoms in total. The first-order valence-corrected chi connectivity index (χ1v) is 7.99. The minimum absolute atomic E-state index is 0.0346. The van der Waals surface area contributed by atoms with Gasteiger partial charge in [0, 0.05) is 5.69 Å². The van der Waals surface area contributed by atoms with Crippen molar-refractivity contribution < 1.29 is 13.2 Å². The number of hydrogen-bond acceptors (Lipinski definition) is 4. The largest absolute Gasteiger partial charge is 0.337 e. The number of carbonyl (C=O) groups excluding carboxylic acids is 1. The van der Waals surface area contributed by atoms with E-state index in [0.29, 0.717) is 16.4 Å². The molecule has 0 spiro atoms. The zero-order valence-corrected chi connectivity index (χ0v) is 12.8. The van der Waals surface area contributed by atoms with Crippen LogP contribution in [0.1, 0.15) is 0 Å². The second kappa shape index (κ2) is 6.65. The number of urea groups is 1. The van der Waals surface area contributed by atoms with Gasteiger partial charge in [0.15, 0.2) is 0 Å². The quantitative estimate of drug-likeness (QED) is 0.638. The van der Waals surface area contributed by atoms with Crippen LogP contribution in [0.15, 0.2) is 53.4 Å². The highest BCUT2D eigenvalue weighted by atomic mass is 35.5. The third-order valence-corrected chi connectivity index (χ3v) is 3.88. The zero-order chi connectivity index (χ0) is 16.2. The van der Waals surface area contributed by atoms with Gasteiger partial charge in [-0.3, -0.25) is 10.9 Å². The van der Waals surface area contributed by atoms with Crippen molar-refractivity contribution in [3.8, 4) is 0 Å². The van der Waals surface area contributed by atoms with Crippen LogP contribution in [0.3, 0.4) is 0 Å². The van der Waals surface area contributed by atoms with Gasteiger partial charge in [-0.05, 0) is 36.4 Å². The van der Waals surface area contributed by atoms with Crippen molar-refractivity contribution in [1.82, 2.24) is 5.43 Å². The number of nitrogens with one attached hydrogen (secondary N) is 3. The van der Waals surface area contributed by atoms with Crippen molar-refractivity contribution in [3.05, 3.63) is 53.6 Å². The average Bonchev–Trinajstić information content (AvgIpc) is 2.46. The fourth-order valence-electron chi connectivity index (χ4n) is 1.58. The van der Waals surface area contributed by atoms with E-state index in [9.17, 15) is 13.2 Å². The monoisotopic (exact) mass is 340 g/mol. The van der Waals surface area contributed by atoms with Crippen LogP contribution >= 0.6 is 11.6 Å². The van der Waals surface area contributed by atoms with Gasteiger partial charge in [-0.1, -0.05) is 23.7 Å². The summed E-state index contributed by atoms with van der Waals surface area (Å²) in [5.41, 5.74) is 6.02. The van der Waals surface area contributed by atoms with Crippen LogP contribution in [0.2, 0.25) is 5.02 Å². The highest BCUT2D eigenvalue weighted by molar-refractivity contribution is 7.89. The van der Waals surface area contributed by atoms with Crippen molar-refractivity contribution in [2.24, 2.45) is 5.14 Å². The maximum atomic E-state index is 11.7. The standard InChI is InChI=1S/C13H13ClN4O3S/c14-11-3-1-2-4-12(11)17-18-13(19)16-9-5-7-10(8-6-9)22(15,20)21/h1-8,17H,(H2,15,20,21)(H2,16,18,19). The molecule has 0 bridgehead atoms. The smallest absolute Gasteiger partial charge is 0.307 e. The predicted octanol–water partition coefficient (Wildman–Crippen LogP) is 2.14. The molecule has 2 rings (SSSR count). The lowest BCUT2D eigenvalue weighted by molar-refractivity contribution is 0.254. The molecule has 5 N–H and O–H groups in total. The Morgan fingerprint density at radius 1 is 1.05 bits per heavy atom. The Morgan fingerprint density at radius 2 is 1.68 bits per heavy atom. The van der Waals surface area contributed by atoms with Gasteiger partial charge in [-0.2, -0.15) is 0 Å². The molecule has 2 amide bonds. The highest BCUT2D eigenvalue weighted by Gasteiger charge is 2.08. The van der Waals surface area contributed by atoms with Crippen molar-refractivity contribution in [1.29, 1.82) is 0 Å². The van der Waals surface area contributed by atoms with Crippen LogP contribution in [0.25, 0.3) is 0 Å². The summed E-state index contributed by atoms with van der Waals surface area (Å²) >= 11 is 5.93. The van der Waals surface area contributed by atoms with Gasteiger partial charge in [0.25, 0.3) is 0 Å². The van der Waals surface area contributed by atoms with E-state index in [0.717, 1.165) is 0 Å². The number of rotatable bonds is 4. The van der Waals surface area contributed by atoms with E-state index in [1.165, 1.54) is 24.3 Å². The minimum atomic E-state index is -3.75. The number of primary sulfonamides is 1. The third-order valence-electron chi connectivity index (χ3n) is 2.63. The van der Waals surface area contributed by atoms with Crippen LogP contribution in [-0.4, -0.2) is 14.4 Å². The molecule has 0 aliphatic heterocycles. The highest BCUT2D eigenvalue weighted by Crippen LogP contribution is 2.19. The van der Waals surface area contributed by atoms with Crippen molar-refractivity contribution >= 4 is 39.0 Å². The van der Waals surface area contributed by atoms with Crippen molar-refractivity contribution in [2.45, 2.75) is 4.90 Å². The van der Waals surface area contributed by atoms with E-state index in [1.807, 2.05) is 0 Å². The Morgan fingerprint density at radius 3 is 2.27 bits per heavy atom. The molecule has 0 aliphatic carbocycles. The maximum absolute atomic E-state index is 11.7. The lowest BCUT2D eigenvalue weighted by atomic mass is 10.3. The molecule has 0 unspecified atom stereocenters. The predicted molar refractivity (Wildman–Crippen MR) is 85.0 cm³/mol. The van der Waals surface area contributed by atoms with Crippen LogP contribution in [0, 0.1) is 0 Å². The molecule has 116 valence electrons. The number of benzene rings is 2. The topological polar surface area (TPSA) is 113 Å². The number of amides is 2. The molecule has 0 saturated heterocycles. The van der Waals surface area contributed by atoms with E-state index in [-0.39, 0.29) is 4.90 Å². The molecular formula is C13H13ClN4O3S. The SMILES string of the molecule is NS(=O)(=O)c1ccc(NC(=O)NNc2ccccc2Cl)cc1. The molecule has 0 heterocycles. The van der Waals surface area contributed by atoms with Crippen molar-refractivity contribution in [2.75, 3.05) is 10.7 Å². The summed E-state index contributed by atoms with van der Waals surface area (Å²) in [6, 6.07) is 11.8. The molecule has 0 aromatic heterocycles. The number of halogens is 1. The lowest BCUT2D eigenvalue weighted by Crippen LogP contribution is -2.33. The summed E-state index contributed by atoms with van der Waals surface area (Å²) in [4.78, 5) is 11.7. The van der Waals surface area contributed by atoms with Gasteiger partial charge < -0.3 is 5.32 Å². The molecule has 9 heteroatoms. The van der Waals surface area contributed by atoms with Crippen LogP contribution in [0.4, 0.5) is 16.2 Å². The van der Waals surface area contributed by atoms with Gasteiger partial charge in [-0.15, -0.1) is 0 Å². The Balaban J connectivity index is 1.94. The summed E-state index contributed by atoms with van der Waals surface area (Å²) < 4.78 is 22.2. The number of anilines is 2. The number of carbonyl (C=O) groups is 1. The molecule has 0 radical (unpaired) electrons. The fraction of sp³-hybridized carbons (Fsp3) is 0. The van der Waals surface area contributed by atoms with Gasteiger partial charge in [0.2, 0.25) is 10.0 Å². The molecule has 2 aromatic carbocycles. The number of para-hydroxylation sites is 1. The number of hydrogen-bond donors (Lipinski definition) is 4. The van der Waals surface area contributed by atoms with Crippen LogP contribution in [0.5, 0.6) is 0 Å². The summed E-state index contributed by atoms with van der Waals surface area (Å²) in [5, 5.41) is 7.96. The van der Waals surface area contributed by atoms with Crippen LogP contribution < -0.4 is 21.3 Å². The molecule has 0 atom stereocenters. The van der Waals surface area contributed by atoms with E-state index in [4.69, 9.17) is 16.7 Å². The molecular weight excluding hydrogens is 328 g/mol. The van der Waals surface area contributed by atoms with E-state index in [1.54, 1.807) is 24.3 Å². The summed E-state index contributed by atoms with van der Waals surface area (Å²) in [6.07, 6.45) is 0. The molecule has 0 saturated carbocycles. The number of nitrogens with two attached hydrogens (primary N) is 1. The molecule has 2 aromatic rings. The van der Waals surface area contributed by atoms with E-state index < -0.39 is 16.1 Å². The van der Waals surface area contributed by atoms with Gasteiger partial charge >= 0.3 is 6.03 Å².